The van der Waals surface area contributed by atoms with Gasteiger partial charge in [0.2, 0.25) is 5.91 Å². The van der Waals surface area contributed by atoms with Crippen LogP contribution in [-0.4, -0.2) is 47.1 Å². The molecule has 0 aromatic heterocycles. The average molecular weight is 321 g/mol. The summed E-state index contributed by atoms with van der Waals surface area (Å²) in [6.07, 6.45) is 3.63. The Morgan fingerprint density at radius 2 is 2.00 bits per heavy atom. The molecule has 0 atom stereocenters. The van der Waals surface area contributed by atoms with E-state index in [0.29, 0.717) is 11.6 Å². The number of likely N-dealkylation sites (N-methyl/N-ethyl adjacent to an activating group) is 1. The van der Waals surface area contributed by atoms with Crippen molar-refractivity contribution in [3.63, 3.8) is 0 Å². The summed E-state index contributed by atoms with van der Waals surface area (Å²) in [5, 5.41) is 23.0. The van der Waals surface area contributed by atoms with Gasteiger partial charge in [0.1, 0.15) is 5.69 Å². The number of amides is 1. The molecule has 1 amide bonds. The second kappa shape index (κ2) is 7.92. The molecular weight excluding hydrogens is 298 g/mol. The van der Waals surface area contributed by atoms with Crippen molar-refractivity contribution in [2.75, 3.05) is 25.5 Å². The molecule has 7 heteroatoms. The summed E-state index contributed by atoms with van der Waals surface area (Å²) in [7, 11) is 1.77. The van der Waals surface area contributed by atoms with Crippen LogP contribution in [0, 0.1) is 16.0 Å². The van der Waals surface area contributed by atoms with Crippen LogP contribution in [0.5, 0.6) is 0 Å². The maximum Gasteiger partial charge on any atom is 0.292 e. The molecule has 1 aliphatic carbocycles. The first-order valence-corrected chi connectivity index (χ1v) is 7.86. The topological polar surface area (TPSA) is 95.7 Å². The second-order valence-electron chi connectivity index (χ2n) is 5.99. The van der Waals surface area contributed by atoms with E-state index in [2.05, 4.69) is 5.32 Å². The van der Waals surface area contributed by atoms with Crippen molar-refractivity contribution in [2.45, 2.75) is 31.7 Å². The molecule has 2 rings (SSSR count). The smallest absolute Gasteiger partial charge is 0.292 e. The summed E-state index contributed by atoms with van der Waals surface area (Å²) in [6.45, 7) is 0.241. The normalized spacial score (nSPS) is 20.8. The minimum Gasteiger partial charge on any atom is -0.396 e. The van der Waals surface area contributed by atoms with E-state index in [1.54, 1.807) is 30.1 Å². The van der Waals surface area contributed by atoms with Gasteiger partial charge in [-0.25, -0.2) is 0 Å². The summed E-state index contributed by atoms with van der Waals surface area (Å²) < 4.78 is 0. The van der Waals surface area contributed by atoms with Crippen molar-refractivity contribution in [3.8, 4) is 0 Å². The van der Waals surface area contributed by atoms with Crippen molar-refractivity contribution < 1.29 is 14.8 Å². The summed E-state index contributed by atoms with van der Waals surface area (Å²) in [6, 6.07) is 6.47. The Balaban J connectivity index is 1.89. The molecule has 0 spiro atoms. The first kappa shape index (κ1) is 17.2. The molecule has 2 N–H and O–H groups in total. The number of nitro benzene ring substituents is 1. The lowest BCUT2D eigenvalue weighted by Crippen LogP contribution is -2.42. The highest BCUT2D eigenvalue weighted by Gasteiger charge is 2.26. The number of nitrogens with one attached hydrogen (secondary N) is 1. The predicted molar refractivity (Wildman–Crippen MR) is 87.2 cm³/mol. The van der Waals surface area contributed by atoms with Crippen LogP contribution in [0.4, 0.5) is 11.4 Å². The van der Waals surface area contributed by atoms with E-state index in [4.69, 9.17) is 5.11 Å². The average Bonchev–Trinajstić information content (AvgIpc) is 2.59. The fourth-order valence-corrected chi connectivity index (χ4v) is 3.00. The van der Waals surface area contributed by atoms with Crippen molar-refractivity contribution >= 4 is 17.3 Å². The number of carbonyl (C=O) groups is 1. The Kier molecular flexibility index (Phi) is 5.92. The van der Waals surface area contributed by atoms with E-state index in [0.717, 1.165) is 25.7 Å². The number of carbonyl (C=O) groups excluding carboxylic acids is 1. The van der Waals surface area contributed by atoms with Gasteiger partial charge >= 0.3 is 0 Å². The van der Waals surface area contributed by atoms with E-state index >= 15 is 0 Å². The Bertz CT molecular complexity index is 556. The zero-order valence-corrected chi connectivity index (χ0v) is 13.3. The number of aliphatic hydroxyl groups is 1. The van der Waals surface area contributed by atoms with Crippen LogP contribution in [0.15, 0.2) is 24.3 Å². The summed E-state index contributed by atoms with van der Waals surface area (Å²) >= 11 is 0. The van der Waals surface area contributed by atoms with Crippen LogP contribution in [0.2, 0.25) is 0 Å². The van der Waals surface area contributed by atoms with Crippen molar-refractivity contribution in [3.05, 3.63) is 34.4 Å². The van der Waals surface area contributed by atoms with Gasteiger partial charge in [0.15, 0.2) is 0 Å². The summed E-state index contributed by atoms with van der Waals surface area (Å²) in [5.74, 6) is 0.260. The molecule has 23 heavy (non-hydrogen) atoms. The Labute approximate surface area is 135 Å². The molecule has 0 unspecified atom stereocenters. The van der Waals surface area contributed by atoms with Crippen LogP contribution in [0.1, 0.15) is 25.7 Å². The van der Waals surface area contributed by atoms with Gasteiger partial charge in [-0.15, -0.1) is 0 Å². The number of hydrogen-bond donors (Lipinski definition) is 2. The highest BCUT2D eigenvalue weighted by Crippen LogP contribution is 2.27. The van der Waals surface area contributed by atoms with Crippen molar-refractivity contribution in [1.82, 2.24) is 4.90 Å². The number of para-hydroxylation sites is 2. The molecule has 0 bridgehead atoms. The maximum absolute atomic E-state index is 12.3. The molecule has 1 aliphatic rings. The lowest BCUT2D eigenvalue weighted by Gasteiger charge is -2.34. The van der Waals surface area contributed by atoms with Gasteiger partial charge in [0.05, 0.1) is 11.5 Å². The van der Waals surface area contributed by atoms with Crippen LogP contribution in [0.25, 0.3) is 0 Å². The molecule has 0 saturated heterocycles. The zero-order chi connectivity index (χ0) is 16.8. The lowest BCUT2D eigenvalue weighted by atomic mass is 9.86. The highest BCUT2D eigenvalue weighted by atomic mass is 16.6. The summed E-state index contributed by atoms with van der Waals surface area (Å²) in [4.78, 5) is 24.5. The SMILES string of the molecule is CN(C(=O)CNc1ccccc1[N+](=O)[O-])C1CCC(CO)CC1. The first-order valence-electron chi connectivity index (χ1n) is 7.86. The van der Waals surface area contributed by atoms with E-state index in [1.807, 2.05) is 0 Å². The van der Waals surface area contributed by atoms with Crippen LogP contribution in [-0.2, 0) is 4.79 Å². The van der Waals surface area contributed by atoms with Gasteiger partial charge in [0, 0.05) is 25.8 Å². The Hall–Kier alpha value is -2.15. The molecule has 126 valence electrons. The molecule has 1 saturated carbocycles. The number of rotatable bonds is 6. The van der Waals surface area contributed by atoms with Gasteiger partial charge in [-0.2, -0.15) is 0 Å². The van der Waals surface area contributed by atoms with Crippen LogP contribution < -0.4 is 5.32 Å². The van der Waals surface area contributed by atoms with Gasteiger partial charge in [-0.1, -0.05) is 12.1 Å². The van der Waals surface area contributed by atoms with Crippen LogP contribution >= 0.6 is 0 Å². The summed E-state index contributed by atoms with van der Waals surface area (Å²) in [5.41, 5.74) is 0.314. The van der Waals surface area contributed by atoms with Gasteiger partial charge in [-0.05, 0) is 37.7 Å². The Morgan fingerprint density at radius 1 is 1.35 bits per heavy atom. The number of aliphatic hydroxyl groups excluding tert-OH is 1. The molecular formula is C16H23N3O4. The third kappa shape index (κ3) is 4.41. The molecule has 1 aromatic carbocycles. The molecule has 1 fully saturated rings. The van der Waals surface area contributed by atoms with Crippen LogP contribution in [0.3, 0.4) is 0 Å². The van der Waals surface area contributed by atoms with E-state index in [9.17, 15) is 14.9 Å². The predicted octanol–water partition coefficient (Wildman–Crippen LogP) is 2.02. The highest BCUT2D eigenvalue weighted by molar-refractivity contribution is 5.81. The fourth-order valence-electron chi connectivity index (χ4n) is 3.00. The minimum absolute atomic E-state index is 0.0290. The molecule has 7 nitrogen and oxygen atoms in total. The number of nitro groups is 1. The number of hydrogen-bond acceptors (Lipinski definition) is 5. The number of nitrogens with zero attached hydrogens (tertiary/aromatic N) is 2. The lowest BCUT2D eigenvalue weighted by molar-refractivity contribution is -0.383. The van der Waals surface area contributed by atoms with E-state index in [1.165, 1.54) is 6.07 Å². The number of anilines is 1. The largest absolute Gasteiger partial charge is 0.396 e. The van der Waals surface area contributed by atoms with Gasteiger partial charge in [0.25, 0.3) is 5.69 Å². The fraction of sp³-hybridized carbons (Fsp3) is 0.562. The molecule has 1 aromatic rings. The monoisotopic (exact) mass is 321 g/mol. The van der Waals surface area contributed by atoms with Gasteiger partial charge in [-0.3, -0.25) is 14.9 Å². The maximum atomic E-state index is 12.3. The quantitative estimate of drug-likeness (QED) is 0.617. The van der Waals surface area contributed by atoms with Gasteiger partial charge < -0.3 is 15.3 Å². The first-order chi connectivity index (χ1) is 11.0. The molecule has 0 radical (unpaired) electrons. The number of benzene rings is 1. The van der Waals surface area contributed by atoms with Crippen molar-refractivity contribution in [1.29, 1.82) is 0 Å². The second-order valence-corrected chi connectivity index (χ2v) is 5.99. The van der Waals surface area contributed by atoms with E-state index in [-0.39, 0.29) is 30.8 Å². The van der Waals surface area contributed by atoms with Crippen molar-refractivity contribution in [2.24, 2.45) is 5.92 Å². The van der Waals surface area contributed by atoms with E-state index < -0.39 is 4.92 Å². The Morgan fingerprint density at radius 3 is 2.61 bits per heavy atom. The minimum atomic E-state index is -0.466. The third-order valence-electron chi connectivity index (χ3n) is 4.55. The molecule has 0 aliphatic heterocycles. The molecule has 0 heterocycles. The standard InChI is InChI=1S/C16H23N3O4/c1-18(13-8-6-12(11-20)7-9-13)16(21)10-17-14-4-2-3-5-15(14)19(22)23/h2-5,12-13,17,20H,6-11H2,1H3. The third-order valence-corrected chi connectivity index (χ3v) is 4.55. The zero-order valence-electron chi connectivity index (χ0n) is 13.3.